The van der Waals surface area contributed by atoms with Gasteiger partial charge in [-0.15, -0.1) is 0 Å². The van der Waals surface area contributed by atoms with Crippen LogP contribution >= 0.6 is 0 Å². The van der Waals surface area contributed by atoms with E-state index in [-0.39, 0.29) is 18.5 Å². The molecule has 3 N–H and O–H groups in total. The summed E-state index contributed by atoms with van der Waals surface area (Å²) >= 11 is 0. The maximum Gasteiger partial charge on any atom is 0.187 e. The van der Waals surface area contributed by atoms with Gasteiger partial charge in [0.2, 0.25) is 0 Å². The van der Waals surface area contributed by atoms with Crippen LogP contribution in [0.15, 0.2) is 504 Å². The van der Waals surface area contributed by atoms with Crippen molar-refractivity contribution in [3.63, 3.8) is 0 Å². The third-order valence-electron chi connectivity index (χ3n) is 29.5. The van der Waals surface area contributed by atoms with Crippen molar-refractivity contribution in [2.45, 2.75) is 18.5 Å². The molecule has 0 amide bonds. The molecule has 0 spiro atoms. The molecule has 0 bridgehead atoms. The van der Waals surface area contributed by atoms with E-state index in [0.29, 0.717) is 5.69 Å². The lowest BCUT2D eigenvalue weighted by Crippen LogP contribution is -2.30. The first-order valence-corrected chi connectivity index (χ1v) is 49.0. The molecular weight excluding hydrogens is 1740 g/mol. The second kappa shape index (κ2) is 33.6. The highest BCUT2D eigenvalue weighted by Gasteiger charge is 2.35. The van der Waals surface area contributed by atoms with Crippen LogP contribution in [0.2, 0.25) is 0 Å². The average molecular weight is 1830 g/mol. The Balaban J connectivity index is 0.000000105. The van der Waals surface area contributed by atoms with Gasteiger partial charge in [0.05, 0.1) is 84.8 Å². The van der Waals surface area contributed by atoms with Crippen molar-refractivity contribution in [3.8, 4) is 101 Å². The summed E-state index contributed by atoms with van der Waals surface area (Å²) in [7, 11) is 0. The summed E-state index contributed by atoms with van der Waals surface area (Å²) in [5.74, 6) is 0. The molecular formula is C132H89N11. The molecule has 11 heteroatoms. The van der Waals surface area contributed by atoms with Gasteiger partial charge >= 0.3 is 0 Å². The number of allylic oxidation sites excluding steroid dienone is 6. The number of hydrogen-bond acceptors (Lipinski definition) is 6. The van der Waals surface area contributed by atoms with Gasteiger partial charge in [0.25, 0.3) is 0 Å². The van der Waals surface area contributed by atoms with Gasteiger partial charge in [0, 0.05) is 101 Å². The lowest BCUT2D eigenvalue weighted by atomic mass is 9.90. The number of anilines is 6. The fraction of sp³-hybridized carbons (Fsp3) is 0.0227. The number of benzene rings is 20. The van der Waals surface area contributed by atoms with Gasteiger partial charge in [0.15, 0.2) is 5.69 Å². The molecule has 3 unspecified atom stereocenters. The maximum absolute atomic E-state index is 7.22. The number of aromatic nitrogens is 4. The van der Waals surface area contributed by atoms with Crippen LogP contribution in [-0.2, 0) is 0 Å². The standard InChI is InChI=1S/2C47H32N4.C38H25N3/c1-2-14-31(15-3-1)32-28-40(47-45(29-32)49-25-13-12-24-46(49)48-47)33-26-34(50-41-20-8-4-16-36(41)37-17-5-9-21-42(37)50)30-35(27-33)51-43-22-10-6-18-38(43)39-19-7-11-23-44(39)51;1-2-14-31(15-3-1)40-28-33(29-45-47(40)48-46-24-12-13-25-49(45)46)32-26-34(50-41-20-8-4-16-36(41)37-17-5-9-21-42(37)50)30-35(27-32)51-43-22-10-6-18-38(43)39-19-7-11-23-44(39)51;1-39-30-19-17-26(18-20-30)25-13-15-27(16-14-25)29-23-35(38-36(24-29)41-21-7-6-12-37(41)40-38)34-22-28-8-2-3-9-31(28)32-10-4-5-11-33(32)34/h2*1-30,46,48H;2-24,37,40H. The molecule has 0 aliphatic carbocycles. The Morgan fingerprint density at radius 3 is 0.846 bits per heavy atom. The first kappa shape index (κ1) is 82.1. The smallest absolute Gasteiger partial charge is 0.187 e. The van der Waals surface area contributed by atoms with E-state index in [4.69, 9.17) is 6.57 Å². The van der Waals surface area contributed by atoms with E-state index in [0.717, 1.165) is 62.1 Å². The van der Waals surface area contributed by atoms with Crippen LogP contribution in [0.4, 0.5) is 39.8 Å². The number of rotatable bonds is 11. The molecule has 0 saturated heterocycles. The predicted molar refractivity (Wildman–Crippen MR) is 601 cm³/mol. The Kier molecular flexibility index (Phi) is 19.3. The zero-order valence-corrected chi connectivity index (χ0v) is 77.7. The van der Waals surface area contributed by atoms with Crippen LogP contribution in [0.25, 0.3) is 214 Å². The number of nitrogens with one attached hydrogen (secondary N) is 3. The highest BCUT2D eigenvalue weighted by molar-refractivity contribution is 6.18. The molecule has 6 aliphatic rings. The van der Waals surface area contributed by atoms with Gasteiger partial charge in [-0.05, 0) is 247 Å². The summed E-state index contributed by atoms with van der Waals surface area (Å²) < 4.78 is 9.75. The maximum atomic E-state index is 7.22. The molecule has 20 aromatic carbocycles. The van der Waals surface area contributed by atoms with Crippen LogP contribution in [0.3, 0.4) is 0 Å². The van der Waals surface area contributed by atoms with Gasteiger partial charge in [-0.1, -0.05) is 322 Å². The largest absolute Gasteiger partial charge is 0.359 e. The van der Waals surface area contributed by atoms with E-state index in [1.54, 1.807) is 0 Å². The van der Waals surface area contributed by atoms with Gasteiger partial charge < -0.3 is 48.9 Å². The van der Waals surface area contributed by atoms with E-state index < -0.39 is 0 Å². The molecule has 6 aliphatic heterocycles. The van der Waals surface area contributed by atoms with E-state index in [2.05, 4.69) is 533 Å². The van der Waals surface area contributed by atoms with Crippen molar-refractivity contribution >= 4 is 149 Å². The van der Waals surface area contributed by atoms with Crippen LogP contribution in [0.1, 0.15) is 0 Å². The van der Waals surface area contributed by atoms with Crippen molar-refractivity contribution in [1.82, 2.24) is 18.3 Å². The quantitative estimate of drug-likeness (QED) is 0.0886. The molecule has 0 fully saturated rings. The highest BCUT2D eigenvalue weighted by atomic mass is 15.3. The molecule has 11 nitrogen and oxygen atoms in total. The normalized spacial score (nSPS) is 14.9. The zero-order chi connectivity index (χ0) is 94.3. The van der Waals surface area contributed by atoms with E-state index in [1.165, 1.54) is 181 Å². The topological polar surface area (TPSA) is 69.9 Å². The van der Waals surface area contributed by atoms with Gasteiger partial charge in [-0.2, -0.15) is 0 Å². The lowest BCUT2D eigenvalue weighted by Gasteiger charge is -2.22. The fourth-order valence-corrected chi connectivity index (χ4v) is 23.0. The van der Waals surface area contributed by atoms with E-state index in [9.17, 15) is 0 Å². The fourth-order valence-electron chi connectivity index (χ4n) is 23.0. The molecule has 4 aromatic heterocycles. The number of nitrogens with zero attached hydrogens (tertiary/aromatic N) is 8. The second-order valence-electron chi connectivity index (χ2n) is 37.5. The van der Waals surface area contributed by atoms with Crippen LogP contribution in [0.5, 0.6) is 0 Å². The van der Waals surface area contributed by atoms with Gasteiger partial charge in [0.1, 0.15) is 18.5 Å². The SMILES string of the molecule is C1=CC2Nc3c(-c4cc(-n5c6ccccc6c6ccccc65)cc(-n5c6ccccc6c6ccccc65)c4)cc(-c4ccccc4)cc3N2C=C1.C1=CC2Nc3c(-c4ccccc4)cc(-c4cc(-n5c6ccccc6c6ccccc65)cc(-n5c6ccccc6c6ccccc65)c4)cc3N2C=C1.[C-]#[N+]c1ccc(-c2ccc(-c3cc(-c4cc5ccccc5c5ccccc45)c4c(c3)N3C=CC=CC3N4)cc2)cc1. The summed E-state index contributed by atoms with van der Waals surface area (Å²) in [6.45, 7) is 7.22. The minimum absolute atomic E-state index is 0.0621. The van der Waals surface area contributed by atoms with Crippen molar-refractivity contribution in [2.24, 2.45) is 0 Å². The summed E-state index contributed by atoms with van der Waals surface area (Å²) in [5, 5.41) is 26.5. The van der Waals surface area contributed by atoms with Crippen LogP contribution < -0.4 is 30.7 Å². The highest BCUT2D eigenvalue weighted by Crippen LogP contribution is 2.54. The lowest BCUT2D eigenvalue weighted by molar-refractivity contribution is 0.908. The minimum Gasteiger partial charge on any atom is -0.359 e. The Morgan fingerprint density at radius 2 is 0.469 bits per heavy atom. The van der Waals surface area contributed by atoms with Crippen molar-refractivity contribution in [1.29, 1.82) is 0 Å². The number of hydrogen-bond donors (Lipinski definition) is 3. The summed E-state index contributed by atoms with van der Waals surface area (Å²) in [4.78, 5) is 10.5. The predicted octanol–water partition coefficient (Wildman–Crippen LogP) is 33.9. The summed E-state index contributed by atoms with van der Waals surface area (Å²) in [5.41, 5.74) is 38.1. The molecule has 30 rings (SSSR count). The third-order valence-corrected chi connectivity index (χ3v) is 29.5. The van der Waals surface area contributed by atoms with Crippen molar-refractivity contribution in [3.05, 3.63) is 515 Å². The first-order valence-electron chi connectivity index (χ1n) is 49.0. The van der Waals surface area contributed by atoms with Crippen molar-refractivity contribution in [2.75, 3.05) is 30.7 Å². The van der Waals surface area contributed by atoms with E-state index >= 15 is 0 Å². The molecule has 672 valence electrons. The van der Waals surface area contributed by atoms with E-state index in [1.807, 2.05) is 24.3 Å². The second-order valence-corrected chi connectivity index (χ2v) is 37.5. The third kappa shape index (κ3) is 13.7. The summed E-state index contributed by atoms with van der Waals surface area (Å²) in [6, 6.07) is 156. The minimum atomic E-state index is 0.0621. The monoisotopic (exact) mass is 1830 g/mol. The first-order chi connectivity index (χ1) is 70.9. The van der Waals surface area contributed by atoms with Crippen LogP contribution in [0, 0.1) is 6.57 Å². The molecule has 143 heavy (non-hydrogen) atoms. The molecule has 10 heterocycles. The molecule has 0 saturated carbocycles. The Labute approximate surface area is 826 Å². The Morgan fingerprint density at radius 1 is 0.196 bits per heavy atom. The average Bonchev–Trinajstić information content (AvgIpc) is 1.59. The molecule has 0 radical (unpaired) electrons. The molecule has 24 aromatic rings. The summed E-state index contributed by atoms with van der Waals surface area (Å²) in [6.07, 6.45) is 26.1. The zero-order valence-electron chi connectivity index (χ0n) is 77.7. The Bertz CT molecular complexity index is 9140. The number of fused-ring (bicyclic) bond motifs is 24. The van der Waals surface area contributed by atoms with Gasteiger partial charge in [-0.3, -0.25) is 0 Å². The van der Waals surface area contributed by atoms with Crippen molar-refractivity contribution < 1.29 is 0 Å². The Hall–Kier alpha value is -19.2. The molecule has 3 atom stereocenters. The van der Waals surface area contributed by atoms with Crippen LogP contribution in [-0.4, -0.2) is 36.8 Å². The van der Waals surface area contributed by atoms with Gasteiger partial charge in [-0.25, -0.2) is 4.85 Å². The number of para-hydroxylation sites is 8.